The van der Waals surface area contributed by atoms with E-state index < -0.39 is 42.6 Å². The molecule has 0 unspecified atom stereocenters. The number of alkyl halides is 3. The summed E-state index contributed by atoms with van der Waals surface area (Å²) >= 11 is 0. The zero-order valence-electron chi connectivity index (χ0n) is 10.4. The molecule has 9 heteroatoms. The average Bonchev–Trinajstić information content (AvgIpc) is 2.21. The molecule has 0 aromatic heterocycles. The summed E-state index contributed by atoms with van der Waals surface area (Å²) in [5.74, 6) is -5.81. The number of rotatable bonds is 5. The zero-order valence-corrected chi connectivity index (χ0v) is 9.45. The van der Waals surface area contributed by atoms with Gasteiger partial charge in [0.25, 0.3) is 0 Å². The number of carbonyl (C=O) groups excluding carboxylic acids is 2. The summed E-state index contributed by atoms with van der Waals surface area (Å²) in [5.41, 5.74) is 0. The van der Waals surface area contributed by atoms with E-state index in [-0.39, 0.29) is 0 Å². The predicted octanol–water partition coefficient (Wildman–Crippen LogP) is 0.460. The standard InChI is InChI=1S/C9H12F3NO5/c1-4(2)18-7(16)5(3-6(14)15)13-8(17)9(10,11)12/h4-5H,3H2,1-2H3,(H,13,17)(H,14,15)/t5-/m0/s1/i3D/t3-,5-. The fourth-order valence-electron chi connectivity index (χ4n) is 0.840. The second kappa shape index (κ2) is 6.22. The van der Waals surface area contributed by atoms with Crippen LogP contribution in [0.3, 0.4) is 0 Å². The normalized spacial score (nSPS) is 15.6. The molecule has 0 heterocycles. The molecule has 0 aliphatic rings. The molecule has 0 fully saturated rings. The Hall–Kier alpha value is -1.80. The van der Waals surface area contributed by atoms with E-state index in [4.69, 9.17) is 6.48 Å². The van der Waals surface area contributed by atoms with Crippen LogP contribution in [0, 0.1) is 0 Å². The van der Waals surface area contributed by atoms with Gasteiger partial charge >= 0.3 is 24.0 Å². The molecule has 2 N–H and O–H groups in total. The summed E-state index contributed by atoms with van der Waals surface area (Å²) in [6.45, 7) is 2.75. The molecule has 0 radical (unpaired) electrons. The molecule has 18 heavy (non-hydrogen) atoms. The predicted molar refractivity (Wildman–Crippen MR) is 51.5 cm³/mol. The Labute approximate surface area is 102 Å². The molecule has 0 spiro atoms. The average molecular weight is 272 g/mol. The van der Waals surface area contributed by atoms with Crippen molar-refractivity contribution in [2.75, 3.05) is 0 Å². The SMILES string of the molecule is [2H][C@H](C(=O)O)[C@H](NC(=O)C(F)(F)F)C(=O)OC(C)C. The van der Waals surface area contributed by atoms with E-state index in [1.807, 2.05) is 0 Å². The Morgan fingerprint density at radius 1 is 1.39 bits per heavy atom. The largest absolute Gasteiger partial charge is 0.481 e. The first-order chi connectivity index (χ1) is 8.46. The second-order valence-electron chi connectivity index (χ2n) is 3.44. The zero-order chi connectivity index (χ0) is 15.4. The van der Waals surface area contributed by atoms with Crippen molar-refractivity contribution in [3.05, 3.63) is 0 Å². The Kier molecular flexibility index (Phi) is 4.93. The van der Waals surface area contributed by atoms with Crippen LogP contribution in [-0.4, -0.2) is 41.3 Å². The Bertz CT molecular complexity index is 371. The van der Waals surface area contributed by atoms with Gasteiger partial charge in [-0.1, -0.05) is 0 Å². The summed E-state index contributed by atoms with van der Waals surface area (Å²) in [6.07, 6.45) is -8.34. The maximum atomic E-state index is 12.0. The van der Waals surface area contributed by atoms with Crippen LogP contribution < -0.4 is 5.32 Å². The molecular formula is C9H12F3NO5. The topological polar surface area (TPSA) is 92.7 Å². The smallest absolute Gasteiger partial charge is 0.471 e. The summed E-state index contributed by atoms with van der Waals surface area (Å²) < 4.78 is 47.6. The molecule has 0 saturated carbocycles. The van der Waals surface area contributed by atoms with Gasteiger partial charge in [-0.3, -0.25) is 9.59 Å². The van der Waals surface area contributed by atoms with E-state index in [1.165, 1.54) is 13.8 Å². The lowest BCUT2D eigenvalue weighted by Gasteiger charge is -2.18. The van der Waals surface area contributed by atoms with Crippen LogP contribution in [0.15, 0.2) is 0 Å². The first kappa shape index (κ1) is 14.3. The van der Waals surface area contributed by atoms with Gasteiger partial charge in [0.05, 0.1) is 12.5 Å². The van der Waals surface area contributed by atoms with Gasteiger partial charge in [0.15, 0.2) is 0 Å². The van der Waals surface area contributed by atoms with Crippen LogP contribution in [-0.2, 0) is 19.1 Å². The van der Waals surface area contributed by atoms with Crippen LogP contribution in [0.4, 0.5) is 13.2 Å². The molecule has 0 aromatic rings. The summed E-state index contributed by atoms with van der Waals surface area (Å²) in [4.78, 5) is 32.6. The monoisotopic (exact) mass is 272 g/mol. The summed E-state index contributed by atoms with van der Waals surface area (Å²) in [6, 6.07) is -2.24. The highest BCUT2D eigenvalue weighted by Gasteiger charge is 2.41. The van der Waals surface area contributed by atoms with Gasteiger partial charge < -0.3 is 15.2 Å². The molecule has 0 rings (SSSR count). The van der Waals surface area contributed by atoms with E-state index in [9.17, 15) is 27.6 Å². The van der Waals surface area contributed by atoms with Crippen LogP contribution in [0.5, 0.6) is 0 Å². The van der Waals surface area contributed by atoms with Crippen molar-refractivity contribution in [3.63, 3.8) is 0 Å². The maximum Gasteiger partial charge on any atom is 0.471 e. The number of carboxylic acids is 1. The fraction of sp³-hybridized carbons (Fsp3) is 0.667. The fourth-order valence-corrected chi connectivity index (χ4v) is 0.840. The van der Waals surface area contributed by atoms with Crippen LogP contribution in [0.1, 0.15) is 21.6 Å². The summed E-state index contributed by atoms with van der Waals surface area (Å²) in [5, 5.41) is 9.66. The van der Waals surface area contributed by atoms with E-state index in [2.05, 4.69) is 4.74 Å². The highest BCUT2D eigenvalue weighted by molar-refractivity contribution is 5.89. The van der Waals surface area contributed by atoms with Crippen LogP contribution >= 0.6 is 0 Å². The number of nitrogens with one attached hydrogen (secondary N) is 1. The molecule has 104 valence electrons. The lowest BCUT2D eigenvalue weighted by Crippen LogP contribution is -2.48. The maximum absolute atomic E-state index is 12.0. The number of amides is 1. The molecule has 1 amide bonds. The first-order valence-electron chi connectivity index (χ1n) is 5.27. The Balaban J connectivity index is 5.03. The Morgan fingerprint density at radius 3 is 2.22 bits per heavy atom. The third kappa shape index (κ3) is 6.06. The van der Waals surface area contributed by atoms with Crippen LogP contribution in [0.2, 0.25) is 0 Å². The first-order valence-corrected chi connectivity index (χ1v) is 4.70. The number of carbonyl (C=O) groups is 3. The number of aliphatic carboxylic acids is 1. The summed E-state index contributed by atoms with van der Waals surface area (Å²) in [7, 11) is 0. The number of halogens is 3. The molecule has 2 atom stereocenters. The lowest BCUT2D eigenvalue weighted by atomic mass is 10.2. The lowest BCUT2D eigenvalue weighted by molar-refractivity contribution is -0.176. The van der Waals surface area contributed by atoms with Gasteiger partial charge in [0.2, 0.25) is 0 Å². The Morgan fingerprint density at radius 2 is 1.89 bits per heavy atom. The van der Waals surface area contributed by atoms with E-state index in [0.29, 0.717) is 0 Å². The van der Waals surface area contributed by atoms with Gasteiger partial charge in [-0.15, -0.1) is 0 Å². The number of hydrogen-bond acceptors (Lipinski definition) is 4. The number of hydrogen-bond donors (Lipinski definition) is 2. The van der Waals surface area contributed by atoms with Crippen molar-refractivity contribution in [1.82, 2.24) is 5.32 Å². The molecule has 0 saturated heterocycles. The molecular weight excluding hydrogens is 259 g/mol. The number of esters is 1. The molecule has 6 nitrogen and oxygen atoms in total. The molecule has 0 bridgehead atoms. The third-order valence-corrected chi connectivity index (χ3v) is 1.46. The molecule has 0 aromatic carbocycles. The van der Waals surface area contributed by atoms with Crippen molar-refractivity contribution in [2.45, 2.75) is 38.6 Å². The number of ether oxygens (including phenoxy) is 1. The van der Waals surface area contributed by atoms with Gasteiger partial charge in [-0.25, -0.2) is 4.79 Å². The van der Waals surface area contributed by atoms with Crippen molar-refractivity contribution >= 4 is 17.8 Å². The highest BCUT2D eigenvalue weighted by atomic mass is 19.4. The van der Waals surface area contributed by atoms with E-state index in [1.54, 1.807) is 0 Å². The van der Waals surface area contributed by atoms with Crippen molar-refractivity contribution in [3.8, 4) is 0 Å². The highest BCUT2D eigenvalue weighted by Crippen LogP contribution is 2.15. The van der Waals surface area contributed by atoms with Gasteiger partial charge in [0.1, 0.15) is 6.04 Å². The molecule has 0 aliphatic heterocycles. The molecule has 0 aliphatic carbocycles. The minimum Gasteiger partial charge on any atom is -0.481 e. The van der Waals surface area contributed by atoms with Gasteiger partial charge in [-0.2, -0.15) is 13.2 Å². The van der Waals surface area contributed by atoms with E-state index >= 15 is 0 Å². The van der Waals surface area contributed by atoms with E-state index in [0.717, 1.165) is 5.32 Å². The van der Waals surface area contributed by atoms with Crippen molar-refractivity contribution in [2.24, 2.45) is 0 Å². The van der Waals surface area contributed by atoms with Gasteiger partial charge in [-0.05, 0) is 13.8 Å². The van der Waals surface area contributed by atoms with Crippen molar-refractivity contribution < 1.29 is 38.8 Å². The van der Waals surface area contributed by atoms with Gasteiger partial charge in [0, 0.05) is 1.37 Å². The minimum atomic E-state index is -5.30. The van der Waals surface area contributed by atoms with Crippen LogP contribution in [0.25, 0.3) is 0 Å². The second-order valence-corrected chi connectivity index (χ2v) is 3.44. The number of carboxylic acid groups (broad SMARTS) is 1. The minimum absolute atomic E-state index is 0.737. The van der Waals surface area contributed by atoms with Crippen molar-refractivity contribution in [1.29, 1.82) is 0 Å². The third-order valence-electron chi connectivity index (χ3n) is 1.46. The quantitative estimate of drug-likeness (QED) is 0.709.